The molecule has 4 nitrogen and oxygen atoms in total. The van der Waals surface area contributed by atoms with E-state index < -0.39 is 5.60 Å². The summed E-state index contributed by atoms with van der Waals surface area (Å²) in [6.07, 6.45) is 0. The zero-order chi connectivity index (χ0) is 13.1. The minimum atomic E-state index is -0.553. The molecule has 0 aromatic heterocycles. The largest absolute Gasteiger partial charge is 0.496 e. The van der Waals surface area contributed by atoms with Crippen molar-refractivity contribution in [1.82, 2.24) is 0 Å². The summed E-state index contributed by atoms with van der Waals surface area (Å²) >= 11 is 0. The Labute approximate surface area is 103 Å². The van der Waals surface area contributed by atoms with Crippen molar-refractivity contribution in [1.29, 1.82) is 0 Å². The molecule has 2 N–H and O–H groups in total. The molecule has 1 aromatic carbocycles. The number of ether oxygens (including phenoxy) is 3. The fourth-order valence-corrected chi connectivity index (χ4v) is 1.88. The Kier molecular flexibility index (Phi) is 4.37. The van der Waals surface area contributed by atoms with Crippen LogP contribution in [0.25, 0.3) is 0 Å². The van der Waals surface area contributed by atoms with Crippen LogP contribution in [0.4, 0.5) is 0 Å². The van der Waals surface area contributed by atoms with Gasteiger partial charge in [-0.1, -0.05) is 0 Å². The molecule has 96 valence electrons. The van der Waals surface area contributed by atoms with Gasteiger partial charge in [-0.25, -0.2) is 0 Å². The predicted molar refractivity (Wildman–Crippen MR) is 67.7 cm³/mol. The molecule has 1 atom stereocenters. The summed E-state index contributed by atoms with van der Waals surface area (Å²) in [6, 6.07) is 3.83. The molecule has 0 bridgehead atoms. The van der Waals surface area contributed by atoms with Crippen LogP contribution >= 0.6 is 0 Å². The zero-order valence-electron chi connectivity index (χ0n) is 11.2. The second kappa shape index (κ2) is 5.38. The van der Waals surface area contributed by atoms with E-state index in [1.165, 1.54) is 0 Å². The third-order valence-corrected chi connectivity index (χ3v) is 3.19. The van der Waals surface area contributed by atoms with Crippen molar-refractivity contribution in [2.75, 3.05) is 27.9 Å². The van der Waals surface area contributed by atoms with Crippen molar-refractivity contribution in [2.45, 2.75) is 19.4 Å². The summed E-state index contributed by atoms with van der Waals surface area (Å²) in [5.41, 5.74) is 7.11. The van der Waals surface area contributed by atoms with Crippen LogP contribution in [0, 0.1) is 6.92 Å². The first-order valence-corrected chi connectivity index (χ1v) is 5.51. The maximum atomic E-state index is 5.78. The summed E-state index contributed by atoms with van der Waals surface area (Å²) in [5.74, 6) is 1.56. The van der Waals surface area contributed by atoms with Gasteiger partial charge in [0.1, 0.15) is 17.1 Å². The number of hydrogen-bond donors (Lipinski definition) is 1. The number of hydrogen-bond acceptors (Lipinski definition) is 4. The Morgan fingerprint density at radius 1 is 1.18 bits per heavy atom. The quantitative estimate of drug-likeness (QED) is 0.851. The topological polar surface area (TPSA) is 53.7 Å². The van der Waals surface area contributed by atoms with E-state index in [9.17, 15) is 0 Å². The van der Waals surface area contributed by atoms with Gasteiger partial charge in [-0.05, 0) is 26.0 Å². The molecule has 0 saturated heterocycles. The maximum Gasteiger partial charge on any atom is 0.131 e. The van der Waals surface area contributed by atoms with Crippen LogP contribution in [0.5, 0.6) is 11.5 Å². The molecule has 0 saturated carbocycles. The van der Waals surface area contributed by atoms with Gasteiger partial charge in [-0.15, -0.1) is 0 Å². The van der Waals surface area contributed by atoms with Crippen molar-refractivity contribution < 1.29 is 14.2 Å². The van der Waals surface area contributed by atoms with Crippen LogP contribution in [-0.2, 0) is 10.3 Å². The summed E-state index contributed by atoms with van der Waals surface area (Å²) < 4.78 is 16.2. The predicted octanol–water partition coefficient (Wildman–Crippen LogP) is 1.83. The highest BCUT2D eigenvalue weighted by atomic mass is 16.5. The molecule has 0 radical (unpaired) electrons. The van der Waals surface area contributed by atoms with E-state index in [0.29, 0.717) is 6.54 Å². The van der Waals surface area contributed by atoms with E-state index in [2.05, 4.69) is 0 Å². The first-order chi connectivity index (χ1) is 8.03. The first-order valence-electron chi connectivity index (χ1n) is 5.51. The summed E-state index contributed by atoms with van der Waals surface area (Å²) in [5, 5.41) is 0. The van der Waals surface area contributed by atoms with Crippen LogP contribution in [0.3, 0.4) is 0 Å². The van der Waals surface area contributed by atoms with Gasteiger partial charge in [0.25, 0.3) is 0 Å². The van der Waals surface area contributed by atoms with E-state index in [1.807, 2.05) is 26.0 Å². The molecular weight excluding hydrogens is 218 g/mol. The summed E-state index contributed by atoms with van der Waals surface area (Å²) in [7, 11) is 4.92. The normalized spacial score (nSPS) is 14.2. The second-order valence-electron chi connectivity index (χ2n) is 4.11. The Hall–Kier alpha value is -1.26. The lowest BCUT2D eigenvalue weighted by molar-refractivity contribution is 0.00810. The molecule has 1 unspecified atom stereocenters. The standard InChI is InChI=1S/C13H21NO3/c1-9-11(15-3)7-6-10(12(9)16-4)13(2,8-14)17-5/h6-7H,8,14H2,1-5H3. The molecule has 1 rings (SSSR count). The Bertz CT molecular complexity index is 386. The average Bonchev–Trinajstić information content (AvgIpc) is 2.37. The molecule has 0 spiro atoms. The van der Waals surface area contributed by atoms with Crippen LogP contribution in [0.1, 0.15) is 18.1 Å². The molecule has 1 aromatic rings. The van der Waals surface area contributed by atoms with Crippen molar-refractivity contribution in [3.63, 3.8) is 0 Å². The average molecular weight is 239 g/mol. The Morgan fingerprint density at radius 2 is 1.82 bits per heavy atom. The van der Waals surface area contributed by atoms with Gasteiger partial charge in [0.05, 0.1) is 14.2 Å². The van der Waals surface area contributed by atoms with Gasteiger partial charge in [-0.3, -0.25) is 0 Å². The lowest BCUT2D eigenvalue weighted by Gasteiger charge is -2.29. The van der Waals surface area contributed by atoms with Crippen molar-refractivity contribution in [2.24, 2.45) is 5.73 Å². The number of nitrogens with two attached hydrogens (primary N) is 1. The highest BCUT2D eigenvalue weighted by Gasteiger charge is 2.29. The molecule has 0 heterocycles. The van der Waals surface area contributed by atoms with Crippen molar-refractivity contribution in [3.8, 4) is 11.5 Å². The molecule has 0 amide bonds. The fraction of sp³-hybridized carbons (Fsp3) is 0.538. The third kappa shape index (κ3) is 2.37. The van der Waals surface area contributed by atoms with E-state index in [1.54, 1.807) is 21.3 Å². The zero-order valence-corrected chi connectivity index (χ0v) is 11.2. The Balaban J connectivity index is 3.39. The van der Waals surface area contributed by atoms with E-state index in [0.717, 1.165) is 22.6 Å². The van der Waals surface area contributed by atoms with Gasteiger partial charge in [0.2, 0.25) is 0 Å². The minimum absolute atomic E-state index is 0.381. The molecular formula is C13H21NO3. The highest BCUT2D eigenvalue weighted by molar-refractivity contribution is 5.51. The third-order valence-electron chi connectivity index (χ3n) is 3.19. The summed E-state index contributed by atoms with van der Waals surface area (Å²) in [6.45, 7) is 4.27. The SMILES string of the molecule is COc1ccc(C(C)(CN)OC)c(OC)c1C. The molecule has 0 aliphatic heterocycles. The highest BCUT2D eigenvalue weighted by Crippen LogP contribution is 2.38. The van der Waals surface area contributed by atoms with Crippen LogP contribution in [0.2, 0.25) is 0 Å². The number of benzene rings is 1. The van der Waals surface area contributed by atoms with Gasteiger partial charge >= 0.3 is 0 Å². The molecule has 0 aliphatic rings. The van der Waals surface area contributed by atoms with Gasteiger partial charge in [0, 0.05) is 24.8 Å². The number of rotatable bonds is 5. The van der Waals surface area contributed by atoms with E-state index >= 15 is 0 Å². The molecule has 0 aliphatic carbocycles. The van der Waals surface area contributed by atoms with Crippen LogP contribution in [-0.4, -0.2) is 27.9 Å². The lowest BCUT2D eigenvalue weighted by Crippen LogP contribution is -2.34. The smallest absolute Gasteiger partial charge is 0.131 e. The van der Waals surface area contributed by atoms with E-state index in [4.69, 9.17) is 19.9 Å². The molecule has 4 heteroatoms. The number of methoxy groups -OCH3 is 3. The van der Waals surface area contributed by atoms with Gasteiger partial charge in [-0.2, -0.15) is 0 Å². The van der Waals surface area contributed by atoms with Crippen molar-refractivity contribution in [3.05, 3.63) is 23.3 Å². The van der Waals surface area contributed by atoms with E-state index in [-0.39, 0.29) is 0 Å². The Morgan fingerprint density at radius 3 is 2.24 bits per heavy atom. The van der Waals surface area contributed by atoms with Crippen molar-refractivity contribution >= 4 is 0 Å². The van der Waals surface area contributed by atoms with Gasteiger partial charge < -0.3 is 19.9 Å². The minimum Gasteiger partial charge on any atom is -0.496 e. The lowest BCUT2D eigenvalue weighted by atomic mass is 9.92. The second-order valence-corrected chi connectivity index (χ2v) is 4.11. The van der Waals surface area contributed by atoms with Crippen LogP contribution < -0.4 is 15.2 Å². The van der Waals surface area contributed by atoms with Crippen LogP contribution in [0.15, 0.2) is 12.1 Å². The first kappa shape index (κ1) is 13.8. The monoisotopic (exact) mass is 239 g/mol. The van der Waals surface area contributed by atoms with Gasteiger partial charge in [0.15, 0.2) is 0 Å². The maximum absolute atomic E-state index is 5.78. The molecule has 0 fully saturated rings. The summed E-state index contributed by atoms with van der Waals surface area (Å²) in [4.78, 5) is 0. The molecule has 17 heavy (non-hydrogen) atoms. The fourth-order valence-electron chi connectivity index (χ4n) is 1.88.